The van der Waals surface area contributed by atoms with E-state index >= 15 is 0 Å². The molecular weight excluding hydrogens is 188 g/mol. The van der Waals surface area contributed by atoms with Gasteiger partial charge in [-0.15, -0.1) is 0 Å². The van der Waals surface area contributed by atoms with Crippen LogP contribution in [0.4, 0.5) is 0 Å². The van der Waals surface area contributed by atoms with Crippen LogP contribution in [0.15, 0.2) is 24.3 Å². The summed E-state index contributed by atoms with van der Waals surface area (Å²) >= 11 is 0. The number of carbonyl (C=O) groups excluding carboxylic acids is 1. The Bertz CT molecular complexity index is 353. The van der Waals surface area contributed by atoms with E-state index in [0.29, 0.717) is 0 Å². The number of hydrogen-bond acceptors (Lipinski definition) is 2. The van der Waals surface area contributed by atoms with Crippen molar-refractivity contribution in [2.75, 3.05) is 13.7 Å². The fourth-order valence-corrected chi connectivity index (χ4v) is 2.45. The second-order valence-corrected chi connectivity index (χ2v) is 4.27. The molecular formula is C13H16O2. The topological polar surface area (TPSA) is 26.3 Å². The Morgan fingerprint density at radius 1 is 1.40 bits per heavy atom. The molecule has 80 valence electrons. The molecule has 0 aliphatic heterocycles. The average molecular weight is 204 g/mol. The largest absolute Gasteiger partial charge is 0.384 e. The Morgan fingerprint density at radius 2 is 2.13 bits per heavy atom. The summed E-state index contributed by atoms with van der Waals surface area (Å²) in [6.45, 7) is 0.720. The molecule has 1 fully saturated rings. The molecule has 0 unspecified atom stereocenters. The third kappa shape index (κ3) is 1.70. The standard InChI is InChI=1S/C13H16O2/c1-15-10-13(7-4-8-13)12-6-3-2-5-11(12)9-14/h2-3,5-6,9H,4,7-8,10H2,1H3. The molecule has 1 aromatic rings. The van der Waals surface area contributed by atoms with Crippen LogP contribution in [0.25, 0.3) is 0 Å². The molecule has 0 atom stereocenters. The normalized spacial score (nSPS) is 18.2. The first-order valence-electron chi connectivity index (χ1n) is 5.36. The zero-order valence-corrected chi connectivity index (χ0v) is 9.03. The van der Waals surface area contributed by atoms with Gasteiger partial charge < -0.3 is 4.74 Å². The zero-order chi connectivity index (χ0) is 10.7. The monoisotopic (exact) mass is 204 g/mol. The quantitative estimate of drug-likeness (QED) is 0.704. The van der Waals surface area contributed by atoms with Gasteiger partial charge in [-0.3, -0.25) is 4.79 Å². The zero-order valence-electron chi connectivity index (χ0n) is 9.03. The predicted molar refractivity (Wildman–Crippen MR) is 59.2 cm³/mol. The van der Waals surface area contributed by atoms with Gasteiger partial charge in [0.1, 0.15) is 6.29 Å². The van der Waals surface area contributed by atoms with E-state index in [0.717, 1.165) is 36.9 Å². The van der Waals surface area contributed by atoms with Crippen molar-refractivity contribution in [1.29, 1.82) is 0 Å². The predicted octanol–water partition coefficient (Wildman–Crippen LogP) is 2.57. The molecule has 1 aromatic carbocycles. The van der Waals surface area contributed by atoms with Gasteiger partial charge in [-0.1, -0.05) is 30.7 Å². The molecule has 0 saturated heterocycles. The molecule has 0 bridgehead atoms. The average Bonchev–Trinajstić information content (AvgIpc) is 2.23. The highest BCUT2D eigenvalue weighted by atomic mass is 16.5. The maximum Gasteiger partial charge on any atom is 0.150 e. The van der Waals surface area contributed by atoms with Crippen LogP contribution in [0, 0.1) is 0 Å². The minimum Gasteiger partial charge on any atom is -0.384 e. The van der Waals surface area contributed by atoms with Crippen molar-refractivity contribution in [3.63, 3.8) is 0 Å². The number of aldehydes is 1. The highest BCUT2D eigenvalue weighted by Crippen LogP contribution is 2.44. The van der Waals surface area contributed by atoms with E-state index in [1.54, 1.807) is 7.11 Å². The van der Waals surface area contributed by atoms with Crippen molar-refractivity contribution < 1.29 is 9.53 Å². The maximum absolute atomic E-state index is 11.0. The summed E-state index contributed by atoms with van der Waals surface area (Å²) in [7, 11) is 1.73. The molecule has 1 aliphatic carbocycles. The lowest BCUT2D eigenvalue weighted by Gasteiger charge is -2.42. The van der Waals surface area contributed by atoms with Gasteiger partial charge in [-0.25, -0.2) is 0 Å². The highest BCUT2D eigenvalue weighted by Gasteiger charge is 2.39. The van der Waals surface area contributed by atoms with Crippen molar-refractivity contribution >= 4 is 6.29 Å². The summed E-state index contributed by atoms with van der Waals surface area (Å²) in [5.41, 5.74) is 2.08. The SMILES string of the molecule is COCC1(c2ccccc2C=O)CCC1. The number of benzene rings is 1. The fraction of sp³-hybridized carbons (Fsp3) is 0.462. The summed E-state index contributed by atoms with van der Waals surface area (Å²) in [6.07, 6.45) is 4.44. The van der Waals surface area contributed by atoms with Gasteiger partial charge in [0.15, 0.2) is 0 Å². The number of ether oxygens (including phenoxy) is 1. The van der Waals surface area contributed by atoms with E-state index in [2.05, 4.69) is 6.07 Å². The van der Waals surface area contributed by atoms with Crippen molar-refractivity contribution in [3.05, 3.63) is 35.4 Å². The third-order valence-electron chi connectivity index (χ3n) is 3.39. The Labute approximate surface area is 90.3 Å². The fourth-order valence-electron chi connectivity index (χ4n) is 2.45. The number of hydrogen-bond donors (Lipinski definition) is 0. The van der Waals surface area contributed by atoms with E-state index in [-0.39, 0.29) is 5.41 Å². The van der Waals surface area contributed by atoms with Crippen LogP contribution in [0.5, 0.6) is 0 Å². The Balaban J connectivity index is 2.37. The van der Waals surface area contributed by atoms with Crippen LogP contribution in [0.1, 0.15) is 35.2 Å². The first kappa shape index (κ1) is 10.4. The molecule has 15 heavy (non-hydrogen) atoms. The van der Waals surface area contributed by atoms with Gasteiger partial charge in [0, 0.05) is 18.1 Å². The van der Waals surface area contributed by atoms with Gasteiger partial charge in [-0.2, -0.15) is 0 Å². The Hall–Kier alpha value is -1.15. The lowest BCUT2D eigenvalue weighted by molar-refractivity contribution is 0.0782. The highest BCUT2D eigenvalue weighted by molar-refractivity contribution is 5.78. The Kier molecular flexibility index (Phi) is 2.87. The van der Waals surface area contributed by atoms with Crippen molar-refractivity contribution in [2.45, 2.75) is 24.7 Å². The summed E-state index contributed by atoms with van der Waals surface area (Å²) in [5.74, 6) is 0. The molecule has 0 aromatic heterocycles. The molecule has 2 nitrogen and oxygen atoms in total. The smallest absolute Gasteiger partial charge is 0.150 e. The van der Waals surface area contributed by atoms with Crippen molar-refractivity contribution in [3.8, 4) is 0 Å². The Morgan fingerprint density at radius 3 is 2.67 bits per heavy atom. The third-order valence-corrected chi connectivity index (χ3v) is 3.39. The molecule has 0 heterocycles. The summed E-state index contributed by atoms with van der Waals surface area (Å²) in [6, 6.07) is 7.85. The second-order valence-electron chi connectivity index (χ2n) is 4.27. The number of methoxy groups -OCH3 is 1. The first-order valence-corrected chi connectivity index (χ1v) is 5.36. The van der Waals surface area contributed by atoms with E-state index in [4.69, 9.17) is 4.74 Å². The van der Waals surface area contributed by atoms with E-state index in [1.807, 2.05) is 18.2 Å². The van der Waals surface area contributed by atoms with E-state index in [9.17, 15) is 4.79 Å². The van der Waals surface area contributed by atoms with Crippen LogP contribution < -0.4 is 0 Å². The van der Waals surface area contributed by atoms with Crippen LogP contribution in [-0.4, -0.2) is 20.0 Å². The van der Waals surface area contributed by atoms with Crippen LogP contribution in [-0.2, 0) is 10.2 Å². The molecule has 1 saturated carbocycles. The van der Waals surface area contributed by atoms with Gasteiger partial charge >= 0.3 is 0 Å². The number of carbonyl (C=O) groups is 1. The lowest BCUT2D eigenvalue weighted by atomic mass is 9.64. The van der Waals surface area contributed by atoms with Crippen molar-refractivity contribution in [2.24, 2.45) is 0 Å². The van der Waals surface area contributed by atoms with Crippen LogP contribution >= 0.6 is 0 Å². The van der Waals surface area contributed by atoms with Gasteiger partial charge in [0.25, 0.3) is 0 Å². The van der Waals surface area contributed by atoms with Crippen molar-refractivity contribution in [1.82, 2.24) is 0 Å². The summed E-state index contributed by atoms with van der Waals surface area (Å²) in [5, 5.41) is 0. The van der Waals surface area contributed by atoms with Crippen LogP contribution in [0.3, 0.4) is 0 Å². The van der Waals surface area contributed by atoms with Gasteiger partial charge in [0.05, 0.1) is 6.61 Å². The van der Waals surface area contributed by atoms with E-state index in [1.165, 1.54) is 6.42 Å². The second kappa shape index (κ2) is 4.15. The molecule has 0 amide bonds. The molecule has 0 radical (unpaired) electrons. The first-order chi connectivity index (χ1) is 7.32. The summed E-state index contributed by atoms with van der Waals surface area (Å²) in [4.78, 5) is 11.0. The lowest BCUT2D eigenvalue weighted by Crippen LogP contribution is -2.39. The number of rotatable bonds is 4. The molecule has 0 spiro atoms. The van der Waals surface area contributed by atoms with Gasteiger partial charge in [-0.05, 0) is 18.4 Å². The van der Waals surface area contributed by atoms with E-state index < -0.39 is 0 Å². The van der Waals surface area contributed by atoms with Crippen LogP contribution in [0.2, 0.25) is 0 Å². The minimum atomic E-state index is 0.103. The maximum atomic E-state index is 11.0. The van der Waals surface area contributed by atoms with Gasteiger partial charge in [0.2, 0.25) is 0 Å². The molecule has 2 heteroatoms. The molecule has 2 rings (SSSR count). The minimum absolute atomic E-state index is 0.103. The molecule has 1 aliphatic rings. The summed E-state index contributed by atoms with van der Waals surface area (Å²) < 4.78 is 5.29. The molecule has 0 N–H and O–H groups in total.